The summed E-state index contributed by atoms with van der Waals surface area (Å²) in [5.74, 6) is -1.03. The highest BCUT2D eigenvalue weighted by Gasteiger charge is 2.53. The number of rotatable bonds is 5. The van der Waals surface area contributed by atoms with Gasteiger partial charge in [0.2, 0.25) is 5.91 Å². The van der Waals surface area contributed by atoms with Crippen molar-refractivity contribution in [1.29, 1.82) is 0 Å². The first-order valence-electron chi connectivity index (χ1n) is 9.25. The molecule has 1 amide bonds. The minimum absolute atomic E-state index is 0.0175. The van der Waals surface area contributed by atoms with Gasteiger partial charge in [-0.3, -0.25) is 9.48 Å². The van der Waals surface area contributed by atoms with Crippen LogP contribution in [0.3, 0.4) is 0 Å². The van der Waals surface area contributed by atoms with Gasteiger partial charge in [-0.05, 0) is 25.3 Å². The highest BCUT2D eigenvalue weighted by atomic mass is 16.4. The van der Waals surface area contributed by atoms with Crippen molar-refractivity contribution in [2.24, 2.45) is 0 Å². The predicted molar refractivity (Wildman–Crippen MR) is 97.5 cm³/mol. The number of hydrogen-bond acceptors (Lipinski definition) is 4. The lowest BCUT2D eigenvalue weighted by Gasteiger charge is -2.31. The summed E-state index contributed by atoms with van der Waals surface area (Å²) in [6.45, 7) is 2.97. The molecule has 2 aromatic rings. The molecule has 0 unspecified atom stereocenters. The SMILES string of the molecule is Cc1ccc(C2(C(=O)N3CCc4c(c(C(=O)O)nn4CCO)C3)CC2)cc1. The monoisotopic (exact) mass is 369 g/mol. The fourth-order valence-electron chi connectivity index (χ4n) is 4.04. The van der Waals surface area contributed by atoms with Crippen molar-refractivity contribution in [3.63, 3.8) is 0 Å². The molecule has 0 spiro atoms. The number of carboxylic acid groups (broad SMARTS) is 1. The Kier molecular flexibility index (Phi) is 4.26. The largest absolute Gasteiger partial charge is 0.476 e. The number of aliphatic hydroxyl groups excluding tert-OH is 1. The molecule has 0 saturated heterocycles. The van der Waals surface area contributed by atoms with Crippen LogP contribution in [-0.2, 0) is 29.7 Å². The van der Waals surface area contributed by atoms with Gasteiger partial charge >= 0.3 is 5.97 Å². The van der Waals surface area contributed by atoms with Gasteiger partial charge in [0.05, 0.1) is 18.6 Å². The zero-order valence-electron chi connectivity index (χ0n) is 15.3. The topological polar surface area (TPSA) is 95.7 Å². The van der Waals surface area contributed by atoms with Crippen molar-refractivity contribution in [3.05, 3.63) is 52.3 Å². The van der Waals surface area contributed by atoms with E-state index >= 15 is 0 Å². The van der Waals surface area contributed by atoms with E-state index in [0.717, 1.165) is 29.7 Å². The Morgan fingerprint density at radius 3 is 2.52 bits per heavy atom. The summed E-state index contributed by atoms with van der Waals surface area (Å²) in [7, 11) is 0. The zero-order valence-corrected chi connectivity index (χ0v) is 15.3. The number of carbonyl (C=O) groups is 2. The van der Waals surface area contributed by atoms with Crippen molar-refractivity contribution in [2.45, 2.75) is 44.7 Å². The van der Waals surface area contributed by atoms with Crippen LogP contribution in [0, 0.1) is 6.92 Å². The Bertz CT molecular complexity index is 897. The normalized spacial score (nSPS) is 17.5. The molecule has 7 nitrogen and oxygen atoms in total. The molecule has 1 saturated carbocycles. The van der Waals surface area contributed by atoms with Crippen molar-refractivity contribution in [3.8, 4) is 0 Å². The average molecular weight is 369 g/mol. The van der Waals surface area contributed by atoms with Crippen LogP contribution in [0.5, 0.6) is 0 Å². The number of nitrogens with zero attached hydrogens (tertiary/aromatic N) is 3. The number of aromatic carboxylic acids is 1. The van der Waals surface area contributed by atoms with Gasteiger partial charge in [0.25, 0.3) is 0 Å². The Hall–Kier alpha value is -2.67. The van der Waals surface area contributed by atoms with E-state index in [0.29, 0.717) is 18.5 Å². The predicted octanol–water partition coefficient (Wildman–Crippen LogP) is 1.50. The third kappa shape index (κ3) is 2.92. The molecule has 1 aliphatic carbocycles. The van der Waals surface area contributed by atoms with Gasteiger partial charge in [0.15, 0.2) is 5.69 Å². The lowest BCUT2D eigenvalue weighted by Crippen LogP contribution is -2.42. The molecule has 7 heteroatoms. The molecule has 2 aliphatic rings. The molecule has 2 N–H and O–H groups in total. The van der Waals surface area contributed by atoms with Crippen molar-refractivity contribution < 1.29 is 19.8 Å². The summed E-state index contributed by atoms with van der Waals surface area (Å²) in [4.78, 5) is 26.7. The molecule has 0 radical (unpaired) electrons. The van der Waals surface area contributed by atoms with E-state index in [1.54, 1.807) is 9.58 Å². The highest BCUT2D eigenvalue weighted by molar-refractivity contribution is 5.92. The van der Waals surface area contributed by atoms with E-state index in [-0.39, 0.29) is 31.3 Å². The van der Waals surface area contributed by atoms with Crippen LogP contribution in [0.4, 0.5) is 0 Å². The third-order valence-corrected chi connectivity index (χ3v) is 5.70. The van der Waals surface area contributed by atoms with E-state index < -0.39 is 11.4 Å². The quantitative estimate of drug-likeness (QED) is 0.833. The van der Waals surface area contributed by atoms with Crippen LogP contribution in [0.25, 0.3) is 0 Å². The van der Waals surface area contributed by atoms with Gasteiger partial charge < -0.3 is 15.1 Å². The molecule has 1 aromatic carbocycles. The van der Waals surface area contributed by atoms with Gasteiger partial charge in [-0.15, -0.1) is 0 Å². The second-order valence-electron chi connectivity index (χ2n) is 7.45. The minimum atomic E-state index is -1.10. The van der Waals surface area contributed by atoms with Gasteiger partial charge in [0, 0.05) is 30.8 Å². The molecule has 27 heavy (non-hydrogen) atoms. The second-order valence-corrected chi connectivity index (χ2v) is 7.45. The molecule has 0 bridgehead atoms. The lowest BCUT2D eigenvalue weighted by molar-refractivity contribution is -0.135. The summed E-state index contributed by atoms with van der Waals surface area (Å²) in [6.07, 6.45) is 2.20. The molecular weight excluding hydrogens is 346 g/mol. The Balaban J connectivity index is 1.62. The van der Waals surface area contributed by atoms with Crippen LogP contribution < -0.4 is 0 Å². The number of hydrogen-bond donors (Lipinski definition) is 2. The number of amides is 1. The molecule has 4 rings (SSSR count). The Labute approximate surface area is 157 Å². The van der Waals surface area contributed by atoms with Crippen LogP contribution in [-0.4, -0.2) is 49.9 Å². The van der Waals surface area contributed by atoms with E-state index in [1.807, 2.05) is 31.2 Å². The fraction of sp³-hybridized carbons (Fsp3) is 0.450. The number of aryl methyl sites for hydroxylation is 1. The number of carboxylic acids is 1. The number of carbonyl (C=O) groups excluding carboxylic acids is 1. The van der Waals surface area contributed by atoms with Crippen molar-refractivity contribution >= 4 is 11.9 Å². The summed E-state index contributed by atoms with van der Waals surface area (Å²) < 4.78 is 1.56. The number of aromatic nitrogens is 2. The molecule has 2 heterocycles. The number of benzene rings is 1. The standard InChI is InChI=1S/C20H23N3O4/c1-13-2-4-14(5-3-13)20(7-8-20)19(27)22-9-6-16-15(12-22)17(18(25)26)21-23(16)10-11-24/h2-5,24H,6-12H2,1H3,(H,25,26). The smallest absolute Gasteiger partial charge is 0.356 e. The van der Waals surface area contributed by atoms with Crippen LogP contribution in [0.2, 0.25) is 0 Å². The van der Waals surface area contributed by atoms with E-state index in [2.05, 4.69) is 5.10 Å². The van der Waals surface area contributed by atoms with E-state index in [4.69, 9.17) is 0 Å². The van der Waals surface area contributed by atoms with Crippen LogP contribution >= 0.6 is 0 Å². The minimum Gasteiger partial charge on any atom is -0.476 e. The summed E-state index contributed by atoms with van der Waals surface area (Å²) >= 11 is 0. The van der Waals surface area contributed by atoms with Gasteiger partial charge in [0.1, 0.15) is 0 Å². The molecule has 1 fully saturated rings. The van der Waals surface area contributed by atoms with E-state index in [1.165, 1.54) is 0 Å². The van der Waals surface area contributed by atoms with Gasteiger partial charge in [-0.1, -0.05) is 29.8 Å². The Morgan fingerprint density at radius 2 is 1.93 bits per heavy atom. The molecule has 142 valence electrons. The average Bonchev–Trinajstić information content (AvgIpc) is 3.39. The van der Waals surface area contributed by atoms with Gasteiger partial charge in [-0.25, -0.2) is 4.79 Å². The number of aliphatic hydroxyl groups is 1. The number of fused-ring (bicyclic) bond motifs is 1. The highest BCUT2D eigenvalue weighted by Crippen LogP contribution is 2.50. The fourth-order valence-corrected chi connectivity index (χ4v) is 4.04. The first-order valence-corrected chi connectivity index (χ1v) is 9.25. The maximum absolute atomic E-state index is 13.3. The molecule has 1 aromatic heterocycles. The first-order chi connectivity index (χ1) is 13.0. The summed E-state index contributed by atoms with van der Waals surface area (Å²) in [5.41, 5.74) is 3.12. The maximum atomic E-state index is 13.3. The van der Waals surface area contributed by atoms with Crippen LogP contribution in [0.1, 0.15) is 45.7 Å². The van der Waals surface area contributed by atoms with Gasteiger partial charge in [-0.2, -0.15) is 5.10 Å². The lowest BCUT2D eigenvalue weighted by atomic mass is 9.92. The molecular formula is C20H23N3O4. The molecule has 0 atom stereocenters. The Morgan fingerprint density at radius 1 is 1.22 bits per heavy atom. The van der Waals surface area contributed by atoms with Crippen molar-refractivity contribution in [2.75, 3.05) is 13.2 Å². The van der Waals surface area contributed by atoms with E-state index in [9.17, 15) is 19.8 Å². The van der Waals surface area contributed by atoms with Crippen molar-refractivity contribution in [1.82, 2.24) is 14.7 Å². The summed E-state index contributed by atoms with van der Waals surface area (Å²) in [6, 6.07) is 8.10. The van der Waals surface area contributed by atoms with Crippen LogP contribution in [0.15, 0.2) is 24.3 Å². The molecule has 1 aliphatic heterocycles. The first kappa shape index (κ1) is 17.7. The third-order valence-electron chi connectivity index (χ3n) is 5.70. The maximum Gasteiger partial charge on any atom is 0.356 e. The second kappa shape index (κ2) is 6.49. The summed E-state index contributed by atoms with van der Waals surface area (Å²) in [5, 5.41) is 22.8. The zero-order chi connectivity index (χ0) is 19.2.